The third kappa shape index (κ3) is 4.19. The van der Waals surface area contributed by atoms with Crippen molar-refractivity contribution in [3.05, 3.63) is 30.1 Å². The van der Waals surface area contributed by atoms with Crippen LogP contribution >= 0.6 is 0 Å². The number of carbonyl (C=O) groups is 1. The van der Waals surface area contributed by atoms with Crippen LogP contribution < -0.4 is 4.90 Å². The first-order chi connectivity index (χ1) is 13.2. The number of hydrogen-bond acceptors (Lipinski definition) is 3. The van der Waals surface area contributed by atoms with Crippen molar-refractivity contribution >= 4 is 11.6 Å². The Kier molecular flexibility index (Phi) is 5.79. The normalized spacial score (nSPS) is 28.0. The Morgan fingerprint density at radius 1 is 1.07 bits per heavy atom. The molecule has 0 saturated carbocycles. The van der Waals surface area contributed by atoms with E-state index in [1.165, 1.54) is 31.4 Å². The Morgan fingerprint density at radius 2 is 1.78 bits per heavy atom. The van der Waals surface area contributed by atoms with Gasteiger partial charge in [0, 0.05) is 32.0 Å². The lowest BCUT2D eigenvalue weighted by Gasteiger charge is -2.47. The van der Waals surface area contributed by atoms with Crippen LogP contribution in [0.2, 0.25) is 0 Å². The van der Waals surface area contributed by atoms with Gasteiger partial charge < -0.3 is 14.5 Å². The Hall–Kier alpha value is -1.46. The second kappa shape index (κ2) is 8.27. The third-order valence-corrected chi connectivity index (χ3v) is 6.72. The van der Waals surface area contributed by atoms with Crippen molar-refractivity contribution in [1.82, 2.24) is 4.90 Å². The maximum atomic E-state index is 13.4. The molecule has 3 aliphatic rings. The molecule has 27 heavy (non-hydrogen) atoms. The molecular formula is C22H31FN2O2. The van der Waals surface area contributed by atoms with Gasteiger partial charge in [-0.25, -0.2) is 4.39 Å². The largest absolute Gasteiger partial charge is 0.381 e. The van der Waals surface area contributed by atoms with Crippen molar-refractivity contribution in [1.29, 1.82) is 0 Å². The molecule has 4 rings (SSSR count). The molecule has 4 nitrogen and oxygen atoms in total. The molecule has 3 fully saturated rings. The van der Waals surface area contributed by atoms with Gasteiger partial charge in [0.15, 0.2) is 0 Å². The molecule has 1 amide bonds. The SMILES string of the molecule is O=C1N(c2ccc(F)cc2)CCCC12CCCN(CCC1CCOCC1)C2. The predicted octanol–water partition coefficient (Wildman–Crippen LogP) is 3.85. The van der Waals surface area contributed by atoms with Crippen molar-refractivity contribution < 1.29 is 13.9 Å². The molecule has 1 aromatic rings. The zero-order valence-corrected chi connectivity index (χ0v) is 16.2. The summed E-state index contributed by atoms with van der Waals surface area (Å²) in [7, 11) is 0. The molecule has 0 bridgehead atoms. The van der Waals surface area contributed by atoms with E-state index < -0.39 is 0 Å². The van der Waals surface area contributed by atoms with E-state index in [1.54, 1.807) is 12.1 Å². The zero-order valence-electron chi connectivity index (χ0n) is 16.2. The van der Waals surface area contributed by atoms with Crippen LogP contribution in [0, 0.1) is 17.2 Å². The summed E-state index contributed by atoms with van der Waals surface area (Å²) in [6, 6.07) is 6.37. The summed E-state index contributed by atoms with van der Waals surface area (Å²) in [4.78, 5) is 17.8. The topological polar surface area (TPSA) is 32.8 Å². The summed E-state index contributed by atoms with van der Waals surface area (Å²) in [5, 5.41) is 0. The molecule has 1 unspecified atom stereocenters. The molecule has 1 spiro atoms. The second-order valence-corrected chi connectivity index (χ2v) is 8.54. The van der Waals surface area contributed by atoms with Crippen LogP contribution in [-0.4, -0.2) is 50.2 Å². The number of benzene rings is 1. The molecule has 3 aliphatic heterocycles. The van der Waals surface area contributed by atoms with Crippen LogP contribution in [0.25, 0.3) is 0 Å². The van der Waals surface area contributed by atoms with Crippen LogP contribution in [0.3, 0.4) is 0 Å². The molecule has 0 aliphatic carbocycles. The standard InChI is InChI=1S/C22H31FN2O2/c23-19-3-5-20(6-4-19)25-13-2-11-22(21(25)26)10-1-12-24(17-22)14-7-18-8-15-27-16-9-18/h3-6,18H,1-2,7-17H2. The molecule has 3 saturated heterocycles. The van der Waals surface area contributed by atoms with E-state index >= 15 is 0 Å². The number of nitrogens with zero attached hydrogens (tertiary/aromatic N) is 2. The maximum Gasteiger partial charge on any atom is 0.234 e. The van der Waals surface area contributed by atoms with Crippen molar-refractivity contribution in [3.8, 4) is 0 Å². The smallest absolute Gasteiger partial charge is 0.234 e. The van der Waals surface area contributed by atoms with Crippen LogP contribution in [0.15, 0.2) is 24.3 Å². The third-order valence-electron chi connectivity index (χ3n) is 6.72. The van der Waals surface area contributed by atoms with Gasteiger partial charge in [0.25, 0.3) is 0 Å². The lowest BCUT2D eigenvalue weighted by molar-refractivity contribution is -0.134. The fourth-order valence-electron chi connectivity index (χ4n) is 5.13. The number of anilines is 1. The van der Waals surface area contributed by atoms with E-state index in [9.17, 15) is 9.18 Å². The first-order valence-electron chi connectivity index (χ1n) is 10.5. The van der Waals surface area contributed by atoms with E-state index in [2.05, 4.69) is 4.90 Å². The fraction of sp³-hybridized carbons (Fsp3) is 0.682. The van der Waals surface area contributed by atoms with E-state index in [1.807, 2.05) is 4.90 Å². The van der Waals surface area contributed by atoms with Gasteiger partial charge >= 0.3 is 0 Å². The first kappa shape index (κ1) is 18.9. The minimum atomic E-state index is -0.255. The van der Waals surface area contributed by atoms with Crippen LogP contribution in [-0.2, 0) is 9.53 Å². The van der Waals surface area contributed by atoms with Gasteiger partial charge in [0.1, 0.15) is 5.82 Å². The number of likely N-dealkylation sites (tertiary alicyclic amines) is 1. The quantitative estimate of drug-likeness (QED) is 0.802. The van der Waals surface area contributed by atoms with Gasteiger partial charge in [-0.15, -0.1) is 0 Å². The average Bonchev–Trinajstić information content (AvgIpc) is 2.71. The molecular weight excluding hydrogens is 343 g/mol. The van der Waals surface area contributed by atoms with E-state index in [-0.39, 0.29) is 17.1 Å². The summed E-state index contributed by atoms with van der Waals surface area (Å²) in [5.41, 5.74) is 0.584. The maximum absolute atomic E-state index is 13.4. The molecule has 0 radical (unpaired) electrons. The molecule has 0 aromatic heterocycles. The molecule has 3 heterocycles. The lowest BCUT2D eigenvalue weighted by atomic mass is 9.72. The monoisotopic (exact) mass is 374 g/mol. The summed E-state index contributed by atoms with van der Waals surface area (Å²) in [6.07, 6.45) is 7.66. The number of ether oxygens (including phenoxy) is 1. The Balaban J connectivity index is 1.41. The van der Waals surface area contributed by atoms with Crippen LogP contribution in [0.5, 0.6) is 0 Å². The highest BCUT2D eigenvalue weighted by molar-refractivity contribution is 5.98. The van der Waals surface area contributed by atoms with Crippen LogP contribution in [0.1, 0.15) is 44.9 Å². The Bertz CT molecular complexity index is 640. The average molecular weight is 375 g/mol. The van der Waals surface area contributed by atoms with Crippen molar-refractivity contribution in [2.45, 2.75) is 44.9 Å². The van der Waals surface area contributed by atoms with Gasteiger partial charge in [0.2, 0.25) is 5.91 Å². The fourth-order valence-corrected chi connectivity index (χ4v) is 5.13. The number of halogens is 1. The summed E-state index contributed by atoms with van der Waals surface area (Å²) < 4.78 is 18.7. The molecule has 148 valence electrons. The number of piperidine rings is 2. The second-order valence-electron chi connectivity index (χ2n) is 8.54. The minimum Gasteiger partial charge on any atom is -0.381 e. The van der Waals surface area contributed by atoms with Crippen molar-refractivity contribution in [3.63, 3.8) is 0 Å². The molecule has 5 heteroatoms. The number of carbonyl (C=O) groups excluding carboxylic acids is 1. The summed E-state index contributed by atoms with van der Waals surface area (Å²) >= 11 is 0. The zero-order chi connectivity index (χ0) is 18.7. The molecule has 1 aromatic carbocycles. The number of amides is 1. The minimum absolute atomic E-state index is 0.246. The van der Waals surface area contributed by atoms with E-state index in [0.29, 0.717) is 0 Å². The van der Waals surface area contributed by atoms with Crippen LogP contribution in [0.4, 0.5) is 10.1 Å². The highest BCUT2D eigenvalue weighted by Crippen LogP contribution is 2.41. The van der Waals surface area contributed by atoms with Gasteiger partial charge in [-0.05, 0) is 88.2 Å². The van der Waals surface area contributed by atoms with Gasteiger partial charge in [-0.2, -0.15) is 0 Å². The highest BCUT2D eigenvalue weighted by atomic mass is 19.1. The Labute approximate surface area is 161 Å². The number of hydrogen-bond donors (Lipinski definition) is 0. The molecule has 0 N–H and O–H groups in total. The highest BCUT2D eigenvalue weighted by Gasteiger charge is 2.46. The van der Waals surface area contributed by atoms with Crippen molar-refractivity contribution in [2.24, 2.45) is 11.3 Å². The van der Waals surface area contributed by atoms with E-state index in [4.69, 9.17) is 4.74 Å². The lowest BCUT2D eigenvalue weighted by Crippen LogP contribution is -2.56. The first-order valence-corrected chi connectivity index (χ1v) is 10.5. The summed E-state index contributed by atoms with van der Waals surface area (Å²) in [5.74, 6) is 0.764. The molecule has 1 atom stereocenters. The Morgan fingerprint density at radius 3 is 2.52 bits per heavy atom. The number of rotatable bonds is 4. The van der Waals surface area contributed by atoms with Gasteiger partial charge in [0.05, 0.1) is 5.41 Å². The van der Waals surface area contributed by atoms with Gasteiger partial charge in [-0.1, -0.05) is 0 Å². The predicted molar refractivity (Wildman–Crippen MR) is 104 cm³/mol. The van der Waals surface area contributed by atoms with E-state index in [0.717, 1.165) is 76.7 Å². The van der Waals surface area contributed by atoms with Crippen molar-refractivity contribution in [2.75, 3.05) is 44.3 Å². The van der Waals surface area contributed by atoms with Gasteiger partial charge in [-0.3, -0.25) is 4.79 Å². The summed E-state index contributed by atoms with van der Waals surface area (Å²) in [6.45, 7) is 5.63.